The van der Waals surface area contributed by atoms with Gasteiger partial charge < -0.3 is 15.1 Å². The van der Waals surface area contributed by atoms with Gasteiger partial charge in [-0.25, -0.2) is 9.98 Å². The monoisotopic (exact) mass is 423 g/mol. The first-order valence-electron chi connectivity index (χ1n) is 10.7. The molecule has 2 bridgehead atoms. The van der Waals surface area contributed by atoms with Crippen molar-refractivity contribution in [2.45, 2.75) is 19.9 Å². The summed E-state index contributed by atoms with van der Waals surface area (Å²) in [7, 11) is 0. The van der Waals surface area contributed by atoms with E-state index >= 15 is 0 Å². The molecule has 0 aromatic carbocycles. The summed E-state index contributed by atoms with van der Waals surface area (Å²) >= 11 is 0. The number of aliphatic imine (C=N–C) groups is 1. The third kappa shape index (κ3) is 3.51. The fraction of sp³-hybridized carbons (Fsp3) is 0.476. The van der Waals surface area contributed by atoms with E-state index in [9.17, 15) is 9.59 Å². The van der Waals surface area contributed by atoms with E-state index in [4.69, 9.17) is 4.42 Å². The molecule has 0 spiro atoms. The molecule has 2 aromatic rings. The molecule has 2 aromatic heterocycles. The number of hydrogen-bond donors (Lipinski definition) is 3. The first-order valence-corrected chi connectivity index (χ1v) is 10.7. The predicted molar refractivity (Wildman–Crippen MR) is 111 cm³/mol. The molecule has 3 heterocycles. The highest BCUT2D eigenvalue weighted by atomic mass is 16.3. The molecule has 3 N–H and O–H groups in total. The van der Waals surface area contributed by atoms with Gasteiger partial charge in [0.1, 0.15) is 12.4 Å². The Balaban J connectivity index is 1.17. The van der Waals surface area contributed by atoms with Crippen LogP contribution in [-0.4, -0.2) is 57.5 Å². The number of rotatable bonds is 7. The van der Waals surface area contributed by atoms with Crippen LogP contribution < -0.4 is 10.6 Å². The Morgan fingerprint density at radius 3 is 2.71 bits per heavy atom. The molecule has 1 saturated heterocycles. The van der Waals surface area contributed by atoms with E-state index in [-0.39, 0.29) is 35.5 Å². The van der Waals surface area contributed by atoms with Crippen LogP contribution in [0.15, 0.2) is 40.0 Å². The maximum atomic E-state index is 12.8. The Morgan fingerprint density at radius 1 is 1.26 bits per heavy atom. The van der Waals surface area contributed by atoms with Gasteiger partial charge in [0.25, 0.3) is 0 Å². The highest BCUT2D eigenvalue weighted by Crippen LogP contribution is 2.52. The number of carbonyl (C=O) groups excluding carboxylic acids is 2. The van der Waals surface area contributed by atoms with E-state index in [1.165, 1.54) is 4.90 Å². The molecule has 4 unspecified atom stereocenters. The van der Waals surface area contributed by atoms with Crippen LogP contribution in [0.5, 0.6) is 0 Å². The number of amides is 2. The van der Waals surface area contributed by atoms with Gasteiger partial charge in [0.2, 0.25) is 17.6 Å². The average Bonchev–Trinajstić information content (AvgIpc) is 3.58. The SMILES string of the molecule is CCNC(=NCc1nc(-c2ccco2)n[nH]1)NCCN1C(=O)C2C3C=CC(C3)C2C1=O. The molecule has 1 aliphatic heterocycles. The molecular formula is C21H25N7O3. The van der Waals surface area contributed by atoms with Crippen LogP contribution >= 0.6 is 0 Å². The van der Waals surface area contributed by atoms with E-state index in [0.29, 0.717) is 49.5 Å². The predicted octanol–water partition coefficient (Wildman–Crippen LogP) is 0.927. The number of guanidine groups is 1. The molecule has 10 heteroatoms. The molecule has 5 rings (SSSR count). The summed E-state index contributed by atoms with van der Waals surface area (Å²) in [5.74, 6) is 2.36. The van der Waals surface area contributed by atoms with Crippen molar-refractivity contribution in [1.82, 2.24) is 30.7 Å². The zero-order valence-electron chi connectivity index (χ0n) is 17.2. The van der Waals surface area contributed by atoms with E-state index < -0.39 is 0 Å². The van der Waals surface area contributed by atoms with Crippen molar-refractivity contribution in [3.05, 3.63) is 36.4 Å². The second-order valence-electron chi connectivity index (χ2n) is 8.03. The maximum Gasteiger partial charge on any atom is 0.233 e. The van der Waals surface area contributed by atoms with Crippen LogP contribution in [0.4, 0.5) is 0 Å². The quantitative estimate of drug-likeness (QED) is 0.261. The highest BCUT2D eigenvalue weighted by molar-refractivity contribution is 6.06. The average molecular weight is 423 g/mol. The summed E-state index contributed by atoms with van der Waals surface area (Å²) in [6.45, 7) is 3.71. The summed E-state index contributed by atoms with van der Waals surface area (Å²) in [5.41, 5.74) is 0. The van der Waals surface area contributed by atoms with Gasteiger partial charge in [0, 0.05) is 19.6 Å². The lowest BCUT2D eigenvalue weighted by atomic mass is 9.85. The van der Waals surface area contributed by atoms with Crippen LogP contribution in [-0.2, 0) is 16.1 Å². The maximum absolute atomic E-state index is 12.8. The van der Waals surface area contributed by atoms with E-state index in [0.717, 1.165) is 6.42 Å². The van der Waals surface area contributed by atoms with Gasteiger partial charge in [-0.05, 0) is 37.3 Å². The number of allylic oxidation sites excluding steroid dienone is 2. The summed E-state index contributed by atoms with van der Waals surface area (Å²) in [5, 5.41) is 13.3. The minimum Gasteiger partial charge on any atom is -0.461 e. The fourth-order valence-corrected chi connectivity index (χ4v) is 4.85. The number of hydrogen-bond acceptors (Lipinski definition) is 6. The smallest absolute Gasteiger partial charge is 0.233 e. The van der Waals surface area contributed by atoms with Gasteiger partial charge >= 0.3 is 0 Å². The molecule has 2 aliphatic carbocycles. The minimum atomic E-state index is -0.154. The third-order valence-corrected chi connectivity index (χ3v) is 6.19. The van der Waals surface area contributed by atoms with Gasteiger partial charge in [-0.1, -0.05) is 12.2 Å². The minimum absolute atomic E-state index is 0.0253. The number of likely N-dealkylation sites (tertiary alicyclic amines) is 1. The topological polar surface area (TPSA) is 129 Å². The number of aromatic amines is 1. The number of carbonyl (C=O) groups is 2. The Kier molecular flexibility index (Phi) is 5.05. The second-order valence-corrected chi connectivity index (χ2v) is 8.03. The van der Waals surface area contributed by atoms with Gasteiger partial charge in [-0.2, -0.15) is 0 Å². The molecular weight excluding hydrogens is 398 g/mol. The van der Waals surface area contributed by atoms with Crippen molar-refractivity contribution in [2.75, 3.05) is 19.6 Å². The van der Waals surface area contributed by atoms with E-state index in [1.807, 2.05) is 6.92 Å². The number of fused-ring (bicyclic) bond motifs is 5. The summed E-state index contributed by atoms with van der Waals surface area (Å²) < 4.78 is 5.29. The molecule has 0 radical (unpaired) electrons. The van der Waals surface area contributed by atoms with Crippen LogP contribution in [0.3, 0.4) is 0 Å². The molecule has 4 atom stereocenters. The number of aromatic nitrogens is 3. The van der Waals surface area contributed by atoms with Crippen LogP contribution in [0.2, 0.25) is 0 Å². The normalized spacial score (nSPS) is 26.7. The van der Waals surface area contributed by atoms with Crippen molar-refractivity contribution in [3.63, 3.8) is 0 Å². The van der Waals surface area contributed by atoms with Crippen molar-refractivity contribution in [3.8, 4) is 11.6 Å². The zero-order chi connectivity index (χ0) is 21.4. The van der Waals surface area contributed by atoms with Crippen LogP contribution in [0.1, 0.15) is 19.2 Å². The molecule has 2 amide bonds. The standard InChI is InChI=1S/C21H25N7O3/c1-2-22-21(24-11-15-25-18(27-26-15)14-4-3-9-31-14)23-7-8-28-19(29)16-12-5-6-13(10-12)17(16)20(28)30/h3-6,9,12-13,16-17H,2,7-8,10-11H2,1H3,(H2,22,23,24)(H,25,26,27). The van der Waals surface area contributed by atoms with Gasteiger partial charge in [-0.3, -0.25) is 19.6 Å². The number of furan rings is 1. The lowest BCUT2D eigenvalue weighted by molar-refractivity contribution is -0.140. The first-order chi connectivity index (χ1) is 15.2. The summed E-state index contributed by atoms with van der Waals surface area (Å²) in [4.78, 5) is 35.8. The fourth-order valence-electron chi connectivity index (χ4n) is 4.85. The zero-order valence-corrected chi connectivity index (χ0v) is 17.2. The second kappa shape index (κ2) is 8.01. The first kappa shape index (κ1) is 19.5. The Bertz CT molecular complexity index is 996. The lowest BCUT2D eigenvalue weighted by Crippen LogP contribution is -2.43. The van der Waals surface area contributed by atoms with Crippen molar-refractivity contribution in [1.29, 1.82) is 0 Å². The highest BCUT2D eigenvalue weighted by Gasteiger charge is 2.58. The van der Waals surface area contributed by atoms with Crippen molar-refractivity contribution >= 4 is 17.8 Å². The number of H-pyrrole nitrogens is 1. The van der Waals surface area contributed by atoms with E-state index in [2.05, 4.69) is 43.0 Å². The molecule has 162 valence electrons. The molecule has 3 aliphatic rings. The van der Waals surface area contributed by atoms with E-state index in [1.54, 1.807) is 18.4 Å². The van der Waals surface area contributed by atoms with Crippen molar-refractivity contribution < 1.29 is 14.0 Å². The van der Waals surface area contributed by atoms with Crippen molar-refractivity contribution in [2.24, 2.45) is 28.7 Å². The Morgan fingerprint density at radius 2 is 2.03 bits per heavy atom. The summed E-state index contributed by atoms with van der Waals surface area (Å²) in [6, 6.07) is 3.57. The number of nitrogens with one attached hydrogen (secondary N) is 3. The lowest BCUT2D eigenvalue weighted by Gasteiger charge is -2.18. The van der Waals surface area contributed by atoms with Gasteiger partial charge in [-0.15, -0.1) is 5.10 Å². The third-order valence-electron chi connectivity index (χ3n) is 6.19. The number of imide groups is 1. The summed E-state index contributed by atoms with van der Waals surface area (Å²) in [6.07, 6.45) is 6.73. The Labute approximate surface area is 179 Å². The number of nitrogens with zero attached hydrogens (tertiary/aromatic N) is 4. The molecule has 2 fully saturated rings. The molecule has 31 heavy (non-hydrogen) atoms. The van der Waals surface area contributed by atoms with Gasteiger partial charge in [0.05, 0.1) is 18.1 Å². The largest absolute Gasteiger partial charge is 0.461 e. The van der Waals surface area contributed by atoms with Crippen LogP contribution in [0, 0.1) is 23.7 Å². The Hall–Kier alpha value is -3.43. The van der Waals surface area contributed by atoms with Gasteiger partial charge in [0.15, 0.2) is 11.7 Å². The molecule has 10 nitrogen and oxygen atoms in total. The molecule has 1 saturated carbocycles. The van der Waals surface area contributed by atoms with Crippen LogP contribution in [0.25, 0.3) is 11.6 Å².